The summed E-state index contributed by atoms with van der Waals surface area (Å²) in [7, 11) is 0. The molecule has 0 aromatic heterocycles. The summed E-state index contributed by atoms with van der Waals surface area (Å²) in [6.07, 6.45) is -31.5. The van der Waals surface area contributed by atoms with Gasteiger partial charge in [-0.15, -0.1) is 0 Å². The number of esters is 1. The number of ether oxygens (including phenoxy) is 6. The summed E-state index contributed by atoms with van der Waals surface area (Å²) in [5.74, 6) is -9.97. The van der Waals surface area contributed by atoms with E-state index in [2.05, 4.69) is 47.9 Å². The first-order chi connectivity index (χ1) is 46.6. The average molecular weight is 1390 g/mol. The SMILES string of the molecule is CC(C)CCC(=O)OC1C(CO)OC(OC2C(CO)OC(Oc3ccc(CC4NC(=O)C(C(C)c5ccccc5)NC(=O)CNC(=O)C(CO)NC(=O)C(C(O)C5CNC(=N)N5C5OC(CO)C(O)C(O)C5O)NC(=O)C(C(O)C5CNC(=N)N5)NC4=O)cc3)C(O)C2O)C(O)C1O. The Bertz CT molecular complexity index is 3090. The molecule has 0 saturated carbocycles. The van der Waals surface area contributed by atoms with Crippen LogP contribution in [-0.2, 0) is 63.7 Å². The lowest BCUT2D eigenvalue weighted by Gasteiger charge is -2.46. The highest BCUT2D eigenvalue weighted by Gasteiger charge is 2.55. The fraction of sp³-hybridized carbons (Fsp3) is 0.650. The lowest BCUT2D eigenvalue weighted by Crippen LogP contribution is -2.69. The maximum atomic E-state index is 15.2. The van der Waals surface area contributed by atoms with Gasteiger partial charge in [-0.25, -0.2) is 0 Å². The van der Waals surface area contributed by atoms with Crippen LogP contribution in [-0.4, -0.2) is 317 Å². The molecular formula is C60H88N12O26. The number of carbonyl (C=O) groups is 7. The minimum Gasteiger partial charge on any atom is -0.462 e. The van der Waals surface area contributed by atoms with Gasteiger partial charge in [0, 0.05) is 31.8 Å². The second-order valence-electron chi connectivity index (χ2n) is 25.0. The molecule has 6 aliphatic rings. The van der Waals surface area contributed by atoms with E-state index in [-0.39, 0.29) is 36.2 Å². The third kappa shape index (κ3) is 17.9. The summed E-state index contributed by atoms with van der Waals surface area (Å²) in [5.41, 5.74) is 0.690. The fourth-order valence-corrected chi connectivity index (χ4v) is 12.0. The van der Waals surface area contributed by atoms with E-state index >= 15 is 9.59 Å². The van der Waals surface area contributed by atoms with Crippen LogP contribution in [0.15, 0.2) is 54.6 Å². The van der Waals surface area contributed by atoms with Crippen LogP contribution in [0.4, 0.5) is 0 Å². The molecule has 38 nitrogen and oxygen atoms in total. The predicted octanol–water partition coefficient (Wildman–Crippen LogP) is -11.2. The molecule has 6 saturated heterocycles. The zero-order valence-corrected chi connectivity index (χ0v) is 53.3. The number of aliphatic hydroxyl groups is 13. The molecule has 98 heavy (non-hydrogen) atoms. The van der Waals surface area contributed by atoms with Crippen LogP contribution in [0.3, 0.4) is 0 Å². The molecule has 6 aliphatic heterocycles. The van der Waals surface area contributed by atoms with Crippen molar-refractivity contribution in [2.75, 3.05) is 46.1 Å². The Morgan fingerprint density at radius 3 is 1.81 bits per heavy atom. The van der Waals surface area contributed by atoms with E-state index in [0.717, 1.165) is 4.90 Å². The van der Waals surface area contributed by atoms with Gasteiger partial charge in [0.25, 0.3) is 0 Å². The summed E-state index contributed by atoms with van der Waals surface area (Å²) in [6.45, 7) is -0.191. The summed E-state index contributed by atoms with van der Waals surface area (Å²) in [5, 5.41) is 182. The number of carbonyl (C=O) groups excluding carboxylic acids is 7. The van der Waals surface area contributed by atoms with E-state index in [0.29, 0.717) is 12.0 Å². The molecule has 25 unspecified atom stereocenters. The number of amides is 6. The normalized spacial score (nSPS) is 35.7. The number of guanidine groups is 2. The standard InChI is InChI=1S/C60H88N12O26/c1-23(2)9-14-36(78)97-49-33(21-75)96-58(48(87)44(49)83)98-50-34(22-76)95-57(47(86)45(50)84)93-27-12-10-25(11-13-27)15-28-52(89)70-38(40(79)29-16-64-59(61)68-29)55(92)71-39(41(80)31-17-65-60(62)72(31)56-46(85)43(82)42(81)32(20-74)94-56)54(91)67-30(19-73)51(88)63-18-35(77)69-37(53(90)66-28)24(3)26-7-5-4-6-8-26/h4-8,10-13,23-24,28-34,37-50,56-58,73-76,79-87H,9,14-22H2,1-3H3,(H2,62,65)(H,63,88)(H,66,90)(H,67,91)(H,69,77)(H,70,89)(H,71,92)(H3,61,64,68). The van der Waals surface area contributed by atoms with Gasteiger partial charge in [0.1, 0.15) is 115 Å². The molecule has 2 aromatic carbocycles. The van der Waals surface area contributed by atoms with Crippen LogP contribution in [0.5, 0.6) is 5.75 Å². The highest BCUT2D eigenvalue weighted by atomic mass is 16.7. The topological polar surface area (TPSA) is 597 Å². The van der Waals surface area contributed by atoms with Crippen molar-refractivity contribution < 1.29 is 128 Å². The first kappa shape index (κ1) is 76.1. The van der Waals surface area contributed by atoms with Gasteiger partial charge in [-0.2, -0.15) is 0 Å². The number of hydrogen-bond acceptors (Lipinski definition) is 28. The maximum Gasteiger partial charge on any atom is 0.306 e. The van der Waals surface area contributed by atoms with Gasteiger partial charge < -0.3 is 148 Å². The van der Waals surface area contributed by atoms with Gasteiger partial charge in [-0.3, -0.25) is 44.4 Å². The number of benzene rings is 2. The Morgan fingerprint density at radius 1 is 0.582 bits per heavy atom. The van der Waals surface area contributed by atoms with Gasteiger partial charge in [-0.1, -0.05) is 63.2 Å². The van der Waals surface area contributed by atoms with Crippen molar-refractivity contribution in [2.24, 2.45) is 5.92 Å². The minimum atomic E-state index is -2.37. The van der Waals surface area contributed by atoms with Crippen molar-refractivity contribution in [3.05, 3.63) is 65.7 Å². The van der Waals surface area contributed by atoms with Crippen molar-refractivity contribution in [3.63, 3.8) is 0 Å². The second-order valence-corrected chi connectivity index (χ2v) is 25.0. The fourth-order valence-electron chi connectivity index (χ4n) is 12.0. The largest absolute Gasteiger partial charge is 0.462 e. The molecule has 6 fully saturated rings. The van der Waals surface area contributed by atoms with E-state index in [4.69, 9.17) is 39.2 Å². The average Bonchev–Trinajstić information content (AvgIpc) is 1.44. The van der Waals surface area contributed by atoms with Gasteiger partial charge in [-0.05, 0) is 35.6 Å². The Hall–Kier alpha value is -7.61. The second kappa shape index (κ2) is 34.0. The van der Waals surface area contributed by atoms with Crippen LogP contribution in [0.2, 0.25) is 0 Å². The lowest BCUT2D eigenvalue weighted by molar-refractivity contribution is -0.353. The highest BCUT2D eigenvalue weighted by molar-refractivity contribution is 5.98. The van der Waals surface area contributed by atoms with Crippen LogP contribution in [0.25, 0.3) is 0 Å². The summed E-state index contributed by atoms with van der Waals surface area (Å²) >= 11 is 0. The Morgan fingerprint density at radius 2 is 1.17 bits per heavy atom. The zero-order chi connectivity index (χ0) is 71.6. The third-order valence-electron chi connectivity index (χ3n) is 17.8. The minimum absolute atomic E-state index is 0.0360. The molecule has 8 rings (SSSR count). The molecule has 25 atom stereocenters. The van der Waals surface area contributed by atoms with E-state index in [9.17, 15) is 90.4 Å². The Balaban J connectivity index is 1.08. The Kier molecular flexibility index (Phi) is 26.4. The summed E-state index contributed by atoms with van der Waals surface area (Å²) in [6, 6.07) is 0.653. The van der Waals surface area contributed by atoms with E-state index in [1.807, 2.05) is 13.8 Å². The van der Waals surface area contributed by atoms with Gasteiger partial charge in [0.05, 0.1) is 45.1 Å². The number of nitrogens with one attached hydrogen (secondary N) is 11. The molecule has 0 radical (unpaired) electrons. The van der Waals surface area contributed by atoms with Gasteiger partial charge >= 0.3 is 5.97 Å². The molecule has 6 heterocycles. The lowest BCUT2D eigenvalue weighted by atomic mass is 9.92. The molecule has 0 bridgehead atoms. The number of hydrogen-bond donors (Lipinski definition) is 24. The Labute approximate surface area is 559 Å². The van der Waals surface area contributed by atoms with E-state index in [1.165, 1.54) is 24.3 Å². The van der Waals surface area contributed by atoms with Crippen molar-refractivity contribution in [3.8, 4) is 5.75 Å². The van der Waals surface area contributed by atoms with Crippen molar-refractivity contribution in [2.45, 2.75) is 193 Å². The maximum absolute atomic E-state index is 15.2. The van der Waals surface area contributed by atoms with Crippen molar-refractivity contribution >= 4 is 53.3 Å². The summed E-state index contributed by atoms with van der Waals surface area (Å²) in [4.78, 5) is 101. The van der Waals surface area contributed by atoms with Crippen LogP contribution in [0, 0.1) is 16.7 Å². The monoisotopic (exact) mass is 1390 g/mol. The van der Waals surface area contributed by atoms with Crippen molar-refractivity contribution in [1.82, 2.24) is 52.8 Å². The number of aliphatic hydroxyl groups excluding tert-OH is 13. The number of rotatable bonds is 21. The molecule has 38 heteroatoms. The molecule has 0 spiro atoms. The molecule has 0 aliphatic carbocycles. The van der Waals surface area contributed by atoms with E-state index in [1.54, 1.807) is 37.3 Å². The smallest absolute Gasteiger partial charge is 0.306 e. The van der Waals surface area contributed by atoms with E-state index < -0.39 is 246 Å². The predicted molar refractivity (Wildman–Crippen MR) is 330 cm³/mol. The highest BCUT2D eigenvalue weighted by Crippen LogP contribution is 2.33. The van der Waals surface area contributed by atoms with Crippen LogP contribution >= 0.6 is 0 Å². The first-order valence-electron chi connectivity index (χ1n) is 31.8. The molecule has 24 N–H and O–H groups in total. The van der Waals surface area contributed by atoms with Gasteiger partial charge in [0.15, 0.2) is 30.5 Å². The third-order valence-corrected chi connectivity index (χ3v) is 17.8. The van der Waals surface area contributed by atoms with Crippen LogP contribution < -0.4 is 52.6 Å². The summed E-state index contributed by atoms with van der Waals surface area (Å²) < 4.78 is 34.2. The molecule has 2 aromatic rings. The zero-order valence-electron chi connectivity index (χ0n) is 53.3. The quantitative estimate of drug-likeness (QED) is 0.0516. The van der Waals surface area contributed by atoms with Crippen molar-refractivity contribution in [1.29, 1.82) is 10.8 Å². The first-order valence-corrected chi connectivity index (χ1v) is 31.8. The number of nitrogens with zero attached hydrogens (tertiary/aromatic N) is 1. The van der Waals surface area contributed by atoms with Gasteiger partial charge in [0.2, 0.25) is 41.7 Å². The molecule has 544 valence electrons. The molecule has 6 amide bonds. The molecular weight excluding hydrogens is 1300 g/mol. The van der Waals surface area contributed by atoms with Crippen LogP contribution in [0.1, 0.15) is 50.7 Å².